The highest BCUT2D eigenvalue weighted by molar-refractivity contribution is 7.81. The van der Waals surface area contributed by atoms with Crippen LogP contribution in [0.1, 0.15) is 17.3 Å². The van der Waals surface area contributed by atoms with E-state index < -0.39 is 17.4 Å². The van der Waals surface area contributed by atoms with Gasteiger partial charge in [0, 0.05) is 10.6 Å². The Hall–Kier alpha value is -1.86. The van der Waals surface area contributed by atoms with Gasteiger partial charge in [-0.15, -0.1) is 12.6 Å². The lowest BCUT2D eigenvalue weighted by molar-refractivity contribution is -0.117. The molecular formula is C13H15ClN2O4S. The van der Waals surface area contributed by atoms with Gasteiger partial charge in [0.15, 0.2) is 0 Å². The quantitative estimate of drug-likeness (QED) is 0.278. The van der Waals surface area contributed by atoms with Crippen LogP contribution in [0.2, 0.25) is 5.02 Å². The van der Waals surface area contributed by atoms with Crippen molar-refractivity contribution < 1.29 is 19.4 Å². The average Bonchev–Trinajstić information content (AvgIpc) is 2.38. The minimum Gasteiger partial charge on any atom is -0.504 e. The van der Waals surface area contributed by atoms with Crippen LogP contribution in [-0.4, -0.2) is 29.6 Å². The number of anilines is 1. The van der Waals surface area contributed by atoms with E-state index in [-0.39, 0.29) is 11.3 Å². The summed E-state index contributed by atoms with van der Waals surface area (Å²) in [5.74, 6) is -1.51. The normalized spacial score (nSPS) is 12.5. The van der Waals surface area contributed by atoms with Crippen molar-refractivity contribution in [3.63, 3.8) is 0 Å². The van der Waals surface area contributed by atoms with Crippen LogP contribution >= 0.6 is 24.2 Å². The number of carboxylic acids is 1. The topological polar surface area (TPSA) is 87.7 Å². The molecule has 0 aliphatic rings. The molecule has 1 aromatic rings. The molecule has 8 heteroatoms. The second-order valence-corrected chi connectivity index (χ2v) is 5.00. The molecule has 0 unspecified atom stereocenters. The van der Waals surface area contributed by atoms with Gasteiger partial charge >= 0.3 is 5.97 Å². The Balaban J connectivity index is 2.82. The molecule has 1 aromatic carbocycles. The zero-order valence-electron chi connectivity index (χ0n) is 11.4. The number of rotatable bonds is 6. The van der Waals surface area contributed by atoms with Gasteiger partial charge in [-0.3, -0.25) is 4.79 Å². The van der Waals surface area contributed by atoms with Gasteiger partial charge in [0.25, 0.3) is 5.91 Å². The fourth-order valence-corrected chi connectivity index (χ4v) is 1.90. The van der Waals surface area contributed by atoms with Gasteiger partial charge < -0.3 is 20.5 Å². The lowest BCUT2D eigenvalue weighted by Crippen LogP contribution is -2.37. The summed E-state index contributed by atoms with van der Waals surface area (Å²) in [6.07, 6.45) is 1.29. The Bertz CT molecular complexity index is 577. The predicted molar refractivity (Wildman–Crippen MR) is 83.7 cm³/mol. The van der Waals surface area contributed by atoms with E-state index in [9.17, 15) is 9.59 Å². The summed E-state index contributed by atoms with van der Waals surface area (Å²) in [5.41, 5.74) is -0.169. The van der Waals surface area contributed by atoms with Crippen molar-refractivity contribution in [3.05, 3.63) is 40.6 Å². The SMILES string of the molecule is CO/C=C(/C)C(=O)N[C@@H](S)Nc1cc(Cl)ccc1C(=O)O. The highest BCUT2D eigenvalue weighted by atomic mass is 35.5. The first-order valence-corrected chi connectivity index (χ1v) is 6.72. The molecule has 0 heterocycles. The zero-order valence-corrected chi connectivity index (χ0v) is 13.0. The number of methoxy groups -OCH3 is 1. The minimum atomic E-state index is -1.11. The predicted octanol–water partition coefficient (Wildman–Crippen LogP) is 2.33. The molecular weight excluding hydrogens is 316 g/mol. The van der Waals surface area contributed by atoms with Gasteiger partial charge in [-0.05, 0) is 25.1 Å². The van der Waals surface area contributed by atoms with E-state index in [1.165, 1.54) is 31.6 Å². The summed E-state index contributed by atoms with van der Waals surface area (Å²) < 4.78 is 4.73. The summed E-state index contributed by atoms with van der Waals surface area (Å²) >= 11 is 9.98. The monoisotopic (exact) mass is 330 g/mol. The van der Waals surface area contributed by atoms with E-state index in [4.69, 9.17) is 21.4 Å². The second-order valence-electron chi connectivity index (χ2n) is 4.05. The molecule has 1 atom stereocenters. The van der Waals surface area contributed by atoms with Gasteiger partial charge in [0.1, 0.15) is 5.50 Å². The van der Waals surface area contributed by atoms with Crippen LogP contribution in [0.3, 0.4) is 0 Å². The summed E-state index contributed by atoms with van der Waals surface area (Å²) in [4.78, 5) is 22.8. The standard InChI is InChI=1S/C13H15ClN2O4S/c1-7(6-20-2)11(17)16-13(21)15-10-5-8(14)3-4-9(10)12(18)19/h3-6,13,15,21H,1-2H3,(H,16,17)(H,18,19)/b7-6-/t13-/m0/s1. The second kappa shape index (κ2) is 7.80. The van der Waals surface area contributed by atoms with Crippen molar-refractivity contribution in [2.75, 3.05) is 12.4 Å². The lowest BCUT2D eigenvalue weighted by atomic mass is 10.2. The van der Waals surface area contributed by atoms with Crippen LogP contribution in [0.25, 0.3) is 0 Å². The number of carbonyl (C=O) groups excluding carboxylic acids is 1. The fraction of sp³-hybridized carbons (Fsp3) is 0.231. The first-order chi connectivity index (χ1) is 9.85. The third-order valence-electron chi connectivity index (χ3n) is 2.42. The van der Waals surface area contributed by atoms with E-state index in [0.29, 0.717) is 10.6 Å². The number of hydrogen-bond acceptors (Lipinski definition) is 5. The number of hydrogen-bond donors (Lipinski definition) is 4. The third kappa shape index (κ3) is 5.20. The molecule has 21 heavy (non-hydrogen) atoms. The first-order valence-electron chi connectivity index (χ1n) is 5.83. The van der Waals surface area contributed by atoms with Crippen molar-refractivity contribution >= 4 is 41.8 Å². The van der Waals surface area contributed by atoms with Gasteiger partial charge in [-0.25, -0.2) is 4.79 Å². The molecule has 114 valence electrons. The van der Waals surface area contributed by atoms with Crippen LogP contribution in [0, 0.1) is 0 Å². The van der Waals surface area contributed by atoms with Crippen molar-refractivity contribution in [2.45, 2.75) is 12.4 Å². The Labute approximate surface area is 132 Å². The highest BCUT2D eigenvalue weighted by Crippen LogP contribution is 2.22. The number of carboxylic acid groups (broad SMARTS) is 1. The highest BCUT2D eigenvalue weighted by Gasteiger charge is 2.15. The number of halogens is 1. The molecule has 0 fully saturated rings. The summed E-state index contributed by atoms with van der Waals surface area (Å²) in [7, 11) is 1.43. The molecule has 3 N–H and O–H groups in total. The summed E-state index contributed by atoms with van der Waals surface area (Å²) in [5, 5.41) is 14.7. The molecule has 0 spiro atoms. The number of carbonyl (C=O) groups is 2. The summed E-state index contributed by atoms with van der Waals surface area (Å²) in [6, 6.07) is 4.28. The maximum Gasteiger partial charge on any atom is 0.337 e. The smallest absolute Gasteiger partial charge is 0.337 e. The minimum absolute atomic E-state index is 0.0249. The molecule has 6 nitrogen and oxygen atoms in total. The largest absolute Gasteiger partial charge is 0.504 e. The maximum absolute atomic E-state index is 11.7. The maximum atomic E-state index is 11.7. The van der Waals surface area contributed by atoms with Gasteiger partial charge in [-0.1, -0.05) is 11.6 Å². The average molecular weight is 331 g/mol. The lowest BCUT2D eigenvalue weighted by Gasteiger charge is -2.18. The molecule has 0 saturated carbocycles. The number of nitrogens with one attached hydrogen (secondary N) is 2. The van der Waals surface area contributed by atoms with Crippen molar-refractivity contribution in [1.82, 2.24) is 5.32 Å². The number of aromatic carboxylic acids is 1. The van der Waals surface area contributed by atoms with Crippen molar-refractivity contribution in [2.24, 2.45) is 0 Å². The number of benzene rings is 1. The van der Waals surface area contributed by atoms with Crippen LogP contribution in [0.4, 0.5) is 5.69 Å². The molecule has 0 radical (unpaired) electrons. The van der Waals surface area contributed by atoms with E-state index in [2.05, 4.69) is 23.3 Å². The van der Waals surface area contributed by atoms with Crippen LogP contribution in [-0.2, 0) is 9.53 Å². The number of amides is 1. The van der Waals surface area contributed by atoms with E-state index in [1.807, 2.05) is 0 Å². The fourth-order valence-electron chi connectivity index (χ4n) is 1.47. The molecule has 0 aromatic heterocycles. The molecule has 0 bridgehead atoms. The van der Waals surface area contributed by atoms with Gasteiger partial charge in [0.2, 0.25) is 0 Å². The van der Waals surface area contributed by atoms with Crippen molar-refractivity contribution in [3.8, 4) is 0 Å². The molecule has 0 aliphatic carbocycles. The Morgan fingerprint density at radius 2 is 2.14 bits per heavy atom. The molecule has 1 rings (SSSR count). The molecule has 0 saturated heterocycles. The Morgan fingerprint density at radius 1 is 1.48 bits per heavy atom. The summed E-state index contributed by atoms with van der Waals surface area (Å²) in [6.45, 7) is 1.57. The van der Waals surface area contributed by atoms with E-state index >= 15 is 0 Å². The van der Waals surface area contributed by atoms with Crippen LogP contribution in [0.5, 0.6) is 0 Å². The van der Waals surface area contributed by atoms with Crippen LogP contribution in [0.15, 0.2) is 30.0 Å². The van der Waals surface area contributed by atoms with Crippen LogP contribution < -0.4 is 10.6 Å². The number of thiol groups is 1. The third-order valence-corrected chi connectivity index (χ3v) is 2.92. The first kappa shape index (κ1) is 17.2. The van der Waals surface area contributed by atoms with Gasteiger partial charge in [-0.2, -0.15) is 0 Å². The number of ether oxygens (including phenoxy) is 1. The van der Waals surface area contributed by atoms with Gasteiger partial charge in [0.05, 0.1) is 24.6 Å². The molecule has 0 aliphatic heterocycles. The molecule has 1 amide bonds. The zero-order chi connectivity index (χ0) is 16.0. The Kier molecular flexibility index (Phi) is 6.39. The van der Waals surface area contributed by atoms with E-state index in [1.54, 1.807) is 6.92 Å². The van der Waals surface area contributed by atoms with E-state index in [0.717, 1.165) is 0 Å². The Morgan fingerprint density at radius 3 is 2.71 bits per heavy atom. The van der Waals surface area contributed by atoms with Crippen molar-refractivity contribution in [1.29, 1.82) is 0 Å².